The van der Waals surface area contributed by atoms with Crippen LogP contribution in [0.3, 0.4) is 0 Å². The smallest absolute Gasteiger partial charge is 0.337 e. The number of nitrogens with zero attached hydrogens (tertiary/aromatic N) is 4. The lowest BCUT2D eigenvalue weighted by Crippen LogP contribution is -2.12. The Hall–Kier alpha value is -3.53. The maximum Gasteiger partial charge on any atom is 0.337 e. The van der Waals surface area contributed by atoms with Crippen molar-refractivity contribution < 1.29 is 13.9 Å². The number of H-pyrrole nitrogens is 1. The number of thioether (sulfide) groups is 1. The van der Waals surface area contributed by atoms with E-state index in [0.717, 1.165) is 0 Å². The quantitative estimate of drug-likeness (QED) is 0.398. The van der Waals surface area contributed by atoms with Gasteiger partial charge in [0.25, 0.3) is 5.56 Å². The number of methoxy groups -OCH3 is 1. The summed E-state index contributed by atoms with van der Waals surface area (Å²) in [7, 11) is 1.28. The molecule has 0 spiro atoms. The second-order valence-corrected chi connectivity index (χ2v) is 6.90. The van der Waals surface area contributed by atoms with Crippen LogP contribution in [0.1, 0.15) is 16.2 Å². The molecule has 4 aromatic rings. The Balaban J connectivity index is 1.63. The minimum atomic E-state index is -0.511. The van der Waals surface area contributed by atoms with Crippen LogP contribution in [0.25, 0.3) is 16.6 Å². The van der Waals surface area contributed by atoms with Gasteiger partial charge in [0.1, 0.15) is 18.0 Å². The van der Waals surface area contributed by atoms with Gasteiger partial charge in [-0.3, -0.25) is 9.36 Å². The number of para-hydroxylation sites is 1. The van der Waals surface area contributed by atoms with Crippen LogP contribution in [0.5, 0.6) is 0 Å². The normalized spacial score (nSPS) is 11.0. The first-order valence-electron chi connectivity index (χ1n) is 8.46. The third-order valence-electron chi connectivity index (χ3n) is 4.14. The molecule has 29 heavy (non-hydrogen) atoms. The zero-order chi connectivity index (χ0) is 20.4. The number of hydrogen-bond acceptors (Lipinski definition) is 7. The molecule has 2 heterocycles. The molecule has 2 aromatic carbocycles. The number of ether oxygens (including phenoxy) is 1. The summed E-state index contributed by atoms with van der Waals surface area (Å²) in [6.07, 6.45) is 1.42. The highest BCUT2D eigenvalue weighted by molar-refractivity contribution is 7.98. The molecule has 0 fully saturated rings. The number of hydrogen-bond donors (Lipinski definition) is 1. The SMILES string of the molecule is COC(=O)c1ccc2c(=O)[nH]c(CSc3nncn3-c3ccccc3F)nc2c1. The van der Waals surface area contributed by atoms with E-state index >= 15 is 0 Å². The zero-order valence-electron chi connectivity index (χ0n) is 15.1. The number of nitrogens with one attached hydrogen (secondary N) is 1. The van der Waals surface area contributed by atoms with Gasteiger partial charge in [-0.05, 0) is 30.3 Å². The van der Waals surface area contributed by atoms with E-state index < -0.39 is 11.8 Å². The molecule has 0 unspecified atom stereocenters. The van der Waals surface area contributed by atoms with Crippen molar-refractivity contribution in [3.63, 3.8) is 0 Å². The number of fused-ring (bicyclic) bond motifs is 1. The Labute approximate surface area is 167 Å². The van der Waals surface area contributed by atoms with Crippen LogP contribution in [-0.2, 0) is 10.5 Å². The van der Waals surface area contributed by atoms with Crippen molar-refractivity contribution in [3.8, 4) is 5.69 Å². The molecule has 8 nitrogen and oxygen atoms in total. The standard InChI is InChI=1S/C19H14FN5O3S/c1-28-18(27)11-6-7-12-14(8-11)22-16(23-17(12)26)9-29-19-24-21-10-25(19)15-5-3-2-4-13(15)20/h2-8,10H,9H2,1H3,(H,22,23,26). The van der Waals surface area contributed by atoms with Gasteiger partial charge in [-0.2, -0.15) is 0 Å². The van der Waals surface area contributed by atoms with Gasteiger partial charge in [-0.1, -0.05) is 23.9 Å². The number of esters is 1. The lowest BCUT2D eigenvalue weighted by Gasteiger charge is -2.07. The highest BCUT2D eigenvalue weighted by Crippen LogP contribution is 2.24. The Bertz CT molecular complexity index is 1270. The van der Waals surface area contributed by atoms with Crippen molar-refractivity contribution in [1.29, 1.82) is 0 Å². The summed E-state index contributed by atoms with van der Waals surface area (Å²) in [5.74, 6) is -0.261. The predicted molar refractivity (Wildman–Crippen MR) is 105 cm³/mol. The van der Waals surface area contributed by atoms with Crippen molar-refractivity contribution in [2.75, 3.05) is 7.11 Å². The van der Waals surface area contributed by atoms with Crippen molar-refractivity contribution in [2.45, 2.75) is 10.9 Å². The van der Waals surface area contributed by atoms with Gasteiger partial charge in [0.05, 0.1) is 35.0 Å². The van der Waals surface area contributed by atoms with Crippen molar-refractivity contribution >= 4 is 28.6 Å². The van der Waals surface area contributed by atoms with Gasteiger partial charge >= 0.3 is 5.97 Å². The number of aromatic nitrogens is 5. The van der Waals surface area contributed by atoms with E-state index in [-0.39, 0.29) is 11.3 Å². The van der Waals surface area contributed by atoms with Gasteiger partial charge < -0.3 is 9.72 Å². The summed E-state index contributed by atoms with van der Waals surface area (Å²) >= 11 is 1.24. The number of benzene rings is 2. The van der Waals surface area contributed by atoms with Gasteiger partial charge in [0, 0.05) is 0 Å². The van der Waals surface area contributed by atoms with Crippen LogP contribution in [-0.4, -0.2) is 37.8 Å². The molecule has 0 atom stereocenters. The molecule has 0 saturated heterocycles. The van der Waals surface area contributed by atoms with Crippen molar-refractivity contribution in [2.24, 2.45) is 0 Å². The molecule has 0 aliphatic heterocycles. The third-order valence-corrected chi connectivity index (χ3v) is 5.10. The number of aromatic amines is 1. The minimum Gasteiger partial charge on any atom is -0.465 e. The molecule has 0 bridgehead atoms. The van der Waals surface area contributed by atoms with E-state index in [1.807, 2.05) is 0 Å². The second-order valence-electron chi connectivity index (χ2n) is 5.96. The summed E-state index contributed by atoms with van der Waals surface area (Å²) in [6.45, 7) is 0. The van der Waals surface area contributed by atoms with Crippen molar-refractivity contribution in [1.82, 2.24) is 24.7 Å². The molecule has 10 heteroatoms. The van der Waals surface area contributed by atoms with Crippen LogP contribution in [0, 0.1) is 5.82 Å². The van der Waals surface area contributed by atoms with Crippen LogP contribution >= 0.6 is 11.8 Å². The van der Waals surface area contributed by atoms with Gasteiger partial charge in [0.15, 0.2) is 5.16 Å². The molecule has 1 N–H and O–H groups in total. The van der Waals surface area contributed by atoms with Gasteiger partial charge in [0.2, 0.25) is 0 Å². The minimum absolute atomic E-state index is 0.265. The third kappa shape index (κ3) is 3.74. The Kier molecular flexibility index (Phi) is 5.09. The zero-order valence-corrected chi connectivity index (χ0v) is 15.9. The number of carbonyl (C=O) groups is 1. The number of carbonyl (C=O) groups excluding carboxylic acids is 1. The van der Waals surface area contributed by atoms with Gasteiger partial charge in [-0.15, -0.1) is 10.2 Å². The monoisotopic (exact) mass is 411 g/mol. The molecule has 4 rings (SSSR count). The second kappa shape index (κ2) is 7.84. The molecular weight excluding hydrogens is 397 g/mol. The fourth-order valence-electron chi connectivity index (χ4n) is 2.77. The molecule has 146 valence electrons. The van der Waals surface area contributed by atoms with E-state index in [4.69, 9.17) is 4.74 Å². The number of halogens is 1. The molecule has 0 saturated carbocycles. The summed E-state index contributed by atoms with van der Waals surface area (Å²) in [6, 6.07) is 10.8. The van der Waals surface area contributed by atoms with Crippen LogP contribution < -0.4 is 5.56 Å². The Morgan fingerprint density at radius 2 is 2.10 bits per heavy atom. The summed E-state index contributed by atoms with van der Waals surface area (Å²) in [5, 5.41) is 8.66. The van der Waals surface area contributed by atoms with Gasteiger partial charge in [-0.25, -0.2) is 14.2 Å². The maximum absolute atomic E-state index is 14.1. The van der Waals surface area contributed by atoms with E-state index in [0.29, 0.717) is 33.1 Å². The Morgan fingerprint density at radius 1 is 1.28 bits per heavy atom. The topological polar surface area (TPSA) is 103 Å². The fraction of sp³-hybridized carbons (Fsp3) is 0.105. The van der Waals surface area contributed by atoms with E-state index in [1.54, 1.807) is 18.2 Å². The average Bonchev–Trinajstić information content (AvgIpc) is 3.20. The number of rotatable bonds is 5. The lowest BCUT2D eigenvalue weighted by molar-refractivity contribution is 0.0601. The van der Waals surface area contributed by atoms with E-state index in [1.165, 1.54) is 54.0 Å². The largest absolute Gasteiger partial charge is 0.465 e. The molecule has 0 amide bonds. The Morgan fingerprint density at radius 3 is 2.90 bits per heavy atom. The molecule has 2 aromatic heterocycles. The van der Waals surface area contributed by atoms with E-state index in [9.17, 15) is 14.0 Å². The summed E-state index contributed by atoms with van der Waals surface area (Å²) in [4.78, 5) is 31.2. The van der Waals surface area contributed by atoms with Crippen LogP contribution in [0.2, 0.25) is 0 Å². The first-order valence-corrected chi connectivity index (χ1v) is 9.44. The molecular formula is C19H14FN5O3S. The highest BCUT2D eigenvalue weighted by atomic mass is 32.2. The van der Waals surface area contributed by atoms with E-state index in [2.05, 4.69) is 20.2 Å². The molecule has 0 radical (unpaired) electrons. The first-order chi connectivity index (χ1) is 14.1. The first kappa shape index (κ1) is 18.8. The maximum atomic E-state index is 14.1. The lowest BCUT2D eigenvalue weighted by atomic mass is 10.1. The summed E-state index contributed by atoms with van der Waals surface area (Å²) < 4.78 is 20.3. The van der Waals surface area contributed by atoms with Crippen LogP contribution in [0.15, 0.2) is 58.7 Å². The predicted octanol–water partition coefficient (Wildman–Crippen LogP) is 2.72. The molecule has 0 aliphatic carbocycles. The summed E-state index contributed by atoms with van der Waals surface area (Å²) in [5.41, 5.74) is 0.680. The fourth-order valence-corrected chi connectivity index (χ4v) is 3.56. The molecule has 0 aliphatic rings. The van der Waals surface area contributed by atoms with Crippen molar-refractivity contribution in [3.05, 3.63) is 76.4 Å². The van der Waals surface area contributed by atoms with Crippen LogP contribution in [0.4, 0.5) is 4.39 Å². The average molecular weight is 411 g/mol. The highest BCUT2D eigenvalue weighted by Gasteiger charge is 2.13.